The van der Waals surface area contributed by atoms with E-state index in [0.717, 1.165) is 12.0 Å². The van der Waals surface area contributed by atoms with Gasteiger partial charge >= 0.3 is 0 Å². The monoisotopic (exact) mass is 234 g/mol. The third-order valence-corrected chi connectivity index (χ3v) is 2.73. The molecule has 2 N–H and O–H groups in total. The van der Waals surface area contributed by atoms with Gasteiger partial charge in [0, 0.05) is 6.04 Å². The number of benzene rings is 1. The molecule has 2 unspecified atom stereocenters. The molecule has 1 aromatic carbocycles. The van der Waals surface area contributed by atoms with Crippen molar-refractivity contribution in [2.45, 2.75) is 32.4 Å². The number of nitriles is 1. The minimum Gasteiger partial charge on any atom is -0.504 e. The normalized spacial score (nSPS) is 13.8. The van der Waals surface area contributed by atoms with Crippen LogP contribution in [0.25, 0.3) is 0 Å². The van der Waals surface area contributed by atoms with E-state index in [4.69, 9.17) is 10.00 Å². The molecular formula is C13H18N2O2. The Hall–Kier alpha value is -1.73. The molecule has 1 aromatic rings. The van der Waals surface area contributed by atoms with Crippen LogP contribution in [0.1, 0.15) is 31.9 Å². The summed E-state index contributed by atoms with van der Waals surface area (Å²) >= 11 is 0. The van der Waals surface area contributed by atoms with Gasteiger partial charge in [0.1, 0.15) is 6.04 Å². The van der Waals surface area contributed by atoms with Crippen LogP contribution < -0.4 is 10.1 Å². The molecule has 0 saturated heterocycles. The number of ether oxygens (including phenoxy) is 1. The average molecular weight is 234 g/mol. The van der Waals surface area contributed by atoms with E-state index in [1.54, 1.807) is 12.1 Å². The summed E-state index contributed by atoms with van der Waals surface area (Å²) in [6.07, 6.45) is 0.952. The third-order valence-electron chi connectivity index (χ3n) is 2.73. The van der Waals surface area contributed by atoms with E-state index in [1.807, 2.05) is 6.92 Å². The van der Waals surface area contributed by atoms with Crippen LogP contribution in [0, 0.1) is 11.3 Å². The second-order valence-electron chi connectivity index (χ2n) is 3.97. The van der Waals surface area contributed by atoms with Crippen molar-refractivity contribution in [1.29, 1.82) is 5.26 Å². The second-order valence-corrected chi connectivity index (χ2v) is 3.97. The Morgan fingerprint density at radius 1 is 1.53 bits per heavy atom. The molecular weight excluding hydrogens is 216 g/mol. The van der Waals surface area contributed by atoms with E-state index < -0.39 is 0 Å². The fourth-order valence-corrected chi connectivity index (χ4v) is 1.48. The Labute approximate surface area is 102 Å². The topological polar surface area (TPSA) is 65.3 Å². The second kappa shape index (κ2) is 6.12. The smallest absolute Gasteiger partial charge is 0.160 e. The molecule has 0 aromatic heterocycles. The Balaban J connectivity index is 2.93. The Morgan fingerprint density at radius 2 is 2.24 bits per heavy atom. The van der Waals surface area contributed by atoms with Crippen LogP contribution in [0.15, 0.2) is 18.2 Å². The van der Waals surface area contributed by atoms with Gasteiger partial charge in [-0.05, 0) is 31.0 Å². The zero-order valence-electron chi connectivity index (χ0n) is 10.4. The van der Waals surface area contributed by atoms with Gasteiger partial charge in [-0.15, -0.1) is 0 Å². The third kappa shape index (κ3) is 3.36. The Morgan fingerprint density at radius 3 is 2.76 bits per heavy atom. The predicted molar refractivity (Wildman–Crippen MR) is 65.9 cm³/mol. The van der Waals surface area contributed by atoms with Crippen LogP contribution in [-0.4, -0.2) is 18.3 Å². The van der Waals surface area contributed by atoms with Crippen LogP contribution in [0.5, 0.6) is 11.5 Å². The molecule has 0 aliphatic carbocycles. The van der Waals surface area contributed by atoms with Crippen molar-refractivity contribution in [3.8, 4) is 17.6 Å². The van der Waals surface area contributed by atoms with Gasteiger partial charge in [0.15, 0.2) is 11.5 Å². The number of aromatic hydroxyl groups is 1. The van der Waals surface area contributed by atoms with Gasteiger partial charge in [-0.25, -0.2) is 0 Å². The standard InChI is InChI=1S/C13H18N2O2/c1-4-9(2)15-11(8-14)10-5-6-12(16)13(7-10)17-3/h5-7,9,11,15-16H,4H2,1-3H3. The van der Waals surface area contributed by atoms with Crippen LogP contribution in [-0.2, 0) is 0 Å². The zero-order valence-corrected chi connectivity index (χ0v) is 10.4. The van der Waals surface area contributed by atoms with Gasteiger partial charge in [-0.3, -0.25) is 5.32 Å². The molecule has 1 rings (SSSR count). The molecule has 17 heavy (non-hydrogen) atoms. The Bertz CT molecular complexity index is 412. The molecule has 0 bridgehead atoms. The molecule has 92 valence electrons. The molecule has 0 heterocycles. The first kappa shape index (κ1) is 13.3. The van der Waals surface area contributed by atoms with Crippen molar-refractivity contribution >= 4 is 0 Å². The highest BCUT2D eigenvalue weighted by atomic mass is 16.5. The van der Waals surface area contributed by atoms with Crippen molar-refractivity contribution in [2.75, 3.05) is 7.11 Å². The summed E-state index contributed by atoms with van der Waals surface area (Å²) in [5.74, 6) is 0.463. The zero-order chi connectivity index (χ0) is 12.8. The fourth-order valence-electron chi connectivity index (χ4n) is 1.48. The van der Waals surface area contributed by atoms with Crippen molar-refractivity contribution in [3.63, 3.8) is 0 Å². The molecule has 4 heteroatoms. The summed E-state index contributed by atoms with van der Waals surface area (Å²) in [7, 11) is 1.49. The highest BCUT2D eigenvalue weighted by Gasteiger charge is 2.14. The molecule has 0 radical (unpaired) electrons. The molecule has 0 spiro atoms. The molecule has 0 saturated carbocycles. The van der Waals surface area contributed by atoms with Crippen molar-refractivity contribution in [1.82, 2.24) is 5.32 Å². The van der Waals surface area contributed by atoms with Crippen LogP contribution >= 0.6 is 0 Å². The van der Waals surface area contributed by atoms with E-state index in [0.29, 0.717) is 5.75 Å². The van der Waals surface area contributed by atoms with E-state index in [1.165, 1.54) is 13.2 Å². The highest BCUT2D eigenvalue weighted by Crippen LogP contribution is 2.28. The van der Waals surface area contributed by atoms with Crippen LogP contribution in [0.3, 0.4) is 0 Å². The fraction of sp³-hybridized carbons (Fsp3) is 0.462. The Kier molecular flexibility index (Phi) is 4.80. The summed E-state index contributed by atoms with van der Waals surface area (Å²) in [5.41, 5.74) is 0.794. The lowest BCUT2D eigenvalue weighted by Gasteiger charge is -2.17. The molecule has 0 amide bonds. The van der Waals surface area contributed by atoms with Crippen molar-refractivity contribution < 1.29 is 9.84 Å². The largest absolute Gasteiger partial charge is 0.504 e. The SMILES string of the molecule is CCC(C)NC(C#N)c1ccc(O)c(OC)c1. The van der Waals surface area contributed by atoms with E-state index >= 15 is 0 Å². The molecule has 0 aliphatic heterocycles. The van der Waals surface area contributed by atoms with Crippen LogP contribution in [0.4, 0.5) is 0 Å². The number of nitrogens with one attached hydrogen (secondary N) is 1. The number of methoxy groups -OCH3 is 1. The van der Waals surface area contributed by atoms with Gasteiger partial charge < -0.3 is 9.84 Å². The summed E-state index contributed by atoms with van der Waals surface area (Å²) in [6.45, 7) is 4.09. The van der Waals surface area contributed by atoms with Gasteiger partial charge in [-0.2, -0.15) is 5.26 Å². The van der Waals surface area contributed by atoms with Crippen molar-refractivity contribution in [3.05, 3.63) is 23.8 Å². The number of phenolic OH excluding ortho intramolecular Hbond substituents is 1. The molecule has 2 atom stereocenters. The van der Waals surface area contributed by atoms with Gasteiger partial charge in [0.25, 0.3) is 0 Å². The van der Waals surface area contributed by atoms with Gasteiger partial charge in [-0.1, -0.05) is 13.0 Å². The average Bonchev–Trinajstić information content (AvgIpc) is 2.36. The highest BCUT2D eigenvalue weighted by molar-refractivity contribution is 5.43. The first-order valence-corrected chi connectivity index (χ1v) is 5.65. The quantitative estimate of drug-likeness (QED) is 0.820. The summed E-state index contributed by atoms with van der Waals surface area (Å²) < 4.78 is 5.02. The van der Waals surface area contributed by atoms with E-state index in [2.05, 4.69) is 18.3 Å². The lowest BCUT2D eigenvalue weighted by molar-refractivity contribution is 0.372. The van der Waals surface area contributed by atoms with E-state index in [-0.39, 0.29) is 17.8 Å². The van der Waals surface area contributed by atoms with Crippen LogP contribution in [0.2, 0.25) is 0 Å². The summed E-state index contributed by atoms with van der Waals surface area (Å²) in [6, 6.07) is 7.02. The lowest BCUT2D eigenvalue weighted by Crippen LogP contribution is -2.29. The lowest BCUT2D eigenvalue weighted by atomic mass is 10.1. The number of phenols is 1. The van der Waals surface area contributed by atoms with Gasteiger partial charge in [0.05, 0.1) is 13.2 Å². The minimum atomic E-state index is -0.389. The summed E-state index contributed by atoms with van der Waals surface area (Å²) in [5, 5.41) is 21.8. The minimum absolute atomic E-state index is 0.0801. The van der Waals surface area contributed by atoms with E-state index in [9.17, 15) is 5.11 Å². The number of hydrogen-bond acceptors (Lipinski definition) is 4. The molecule has 4 nitrogen and oxygen atoms in total. The maximum absolute atomic E-state index is 9.49. The van der Waals surface area contributed by atoms with Gasteiger partial charge in [0.2, 0.25) is 0 Å². The first-order valence-electron chi connectivity index (χ1n) is 5.65. The predicted octanol–water partition coefficient (Wildman–Crippen LogP) is 2.35. The maximum atomic E-state index is 9.49. The maximum Gasteiger partial charge on any atom is 0.160 e. The summed E-state index contributed by atoms with van der Waals surface area (Å²) in [4.78, 5) is 0. The number of rotatable bonds is 5. The molecule has 0 aliphatic rings. The first-order chi connectivity index (χ1) is 8.12. The van der Waals surface area contributed by atoms with Crippen molar-refractivity contribution in [2.24, 2.45) is 0 Å². The number of nitrogens with zero attached hydrogens (tertiary/aromatic N) is 1. The molecule has 0 fully saturated rings. The number of hydrogen-bond donors (Lipinski definition) is 2.